The van der Waals surface area contributed by atoms with Gasteiger partial charge in [-0.25, -0.2) is 10.8 Å². The third-order valence-corrected chi connectivity index (χ3v) is 3.09. The molecule has 2 aromatic heterocycles. The summed E-state index contributed by atoms with van der Waals surface area (Å²) in [4.78, 5) is 3.92. The molecule has 3 N–H and O–H groups in total. The topological polar surface area (TPSA) is 76.7 Å². The summed E-state index contributed by atoms with van der Waals surface area (Å²) in [7, 11) is 0. The molecule has 2 rings (SSSR count). The highest BCUT2D eigenvalue weighted by atomic mass is 35.5. The molecule has 0 saturated carbocycles. The van der Waals surface area contributed by atoms with Crippen LogP contribution in [-0.4, -0.2) is 15.2 Å². The normalized spacial score (nSPS) is 10.3. The van der Waals surface area contributed by atoms with E-state index in [1.54, 1.807) is 6.07 Å². The van der Waals surface area contributed by atoms with Crippen LogP contribution in [0.1, 0.15) is 0 Å². The second kappa shape index (κ2) is 4.28. The van der Waals surface area contributed by atoms with Crippen LogP contribution in [0.2, 0.25) is 10.2 Å². The van der Waals surface area contributed by atoms with Crippen molar-refractivity contribution >= 4 is 39.7 Å². The first-order valence-electron chi connectivity index (χ1n) is 3.83. The van der Waals surface area contributed by atoms with Gasteiger partial charge in [-0.1, -0.05) is 34.5 Å². The average Bonchev–Trinajstić information content (AvgIpc) is 2.66. The van der Waals surface area contributed by atoms with Crippen LogP contribution in [0.15, 0.2) is 12.3 Å². The fourth-order valence-electron chi connectivity index (χ4n) is 0.988. The summed E-state index contributed by atoms with van der Waals surface area (Å²) in [5.74, 6) is 5.19. The lowest BCUT2D eigenvalue weighted by molar-refractivity contribution is 1.08. The summed E-state index contributed by atoms with van der Waals surface area (Å²) in [5.41, 5.74) is 2.96. The number of nitrogens with zero attached hydrogens (tertiary/aromatic N) is 3. The third kappa shape index (κ3) is 2.03. The second-order valence-electron chi connectivity index (χ2n) is 2.52. The minimum absolute atomic E-state index is 0.294. The van der Waals surface area contributed by atoms with Crippen LogP contribution < -0.4 is 11.3 Å². The quantitative estimate of drug-likeness (QED) is 0.493. The standard InChI is InChI=1S/C7H5Cl2N5S/c8-3-1-2-11-5(9)4(3)6-13-14-7(12-10)15-6/h1-2H,10H2,(H,12,14). The van der Waals surface area contributed by atoms with Gasteiger partial charge in [-0.2, -0.15) is 0 Å². The summed E-state index contributed by atoms with van der Waals surface area (Å²) < 4.78 is 0. The molecule has 78 valence electrons. The molecular formula is C7H5Cl2N5S. The Morgan fingerprint density at radius 2 is 2.13 bits per heavy atom. The van der Waals surface area contributed by atoms with E-state index in [9.17, 15) is 0 Å². The summed E-state index contributed by atoms with van der Waals surface area (Å²) >= 11 is 13.1. The molecule has 0 bridgehead atoms. The van der Waals surface area contributed by atoms with Crippen molar-refractivity contribution in [2.75, 3.05) is 5.43 Å². The summed E-state index contributed by atoms with van der Waals surface area (Å²) in [6, 6.07) is 1.64. The van der Waals surface area contributed by atoms with Gasteiger partial charge >= 0.3 is 0 Å². The monoisotopic (exact) mass is 261 g/mol. The zero-order chi connectivity index (χ0) is 10.8. The Morgan fingerprint density at radius 1 is 1.33 bits per heavy atom. The maximum absolute atomic E-state index is 5.98. The van der Waals surface area contributed by atoms with Crippen LogP contribution in [0.25, 0.3) is 10.6 Å². The molecule has 0 aliphatic carbocycles. The fraction of sp³-hybridized carbons (Fsp3) is 0. The SMILES string of the molecule is NNc1nnc(-c2c(Cl)ccnc2Cl)s1. The van der Waals surface area contributed by atoms with E-state index < -0.39 is 0 Å². The maximum Gasteiger partial charge on any atom is 0.220 e. The van der Waals surface area contributed by atoms with Gasteiger partial charge in [0.2, 0.25) is 5.13 Å². The molecule has 5 nitrogen and oxygen atoms in total. The summed E-state index contributed by atoms with van der Waals surface area (Å²) in [5, 5.41) is 9.51. The molecule has 15 heavy (non-hydrogen) atoms. The van der Waals surface area contributed by atoms with Crippen molar-refractivity contribution in [2.45, 2.75) is 0 Å². The number of hydrogen-bond acceptors (Lipinski definition) is 6. The van der Waals surface area contributed by atoms with E-state index >= 15 is 0 Å². The molecule has 0 spiro atoms. The molecule has 0 aromatic carbocycles. The highest BCUT2D eigenvalue weighted by Gasteiger charge is 2.14. The van der Waals surface area contributed by atoms with Gasteiger partial charge in [-0.05, 0) is 6.07 Å². The van der Waals surface area contributed by atoms with E-state index in [2.05, 4.69) is 20.6 Å². The zero-order valence-electron chi connectivity index (χ0n) is 7.24. The number of aromatic nitrogens is 3. The van der Waals surface area contributed by atoms with Gasteiger partial charge in [0.25, 0.3) is 0 Å². The molecule has 0 amide bonds. The molecule has 0 fully saturated rings. The molecular weight excluding hydrogens is 257 g/mol. The minimum Gasteiger partial charge on any atom is -0.298 e. The lowest BCUT2D eigenvalue weighted by Crippen LogP contribution is -2.05. The molecule has 2 heterocycles. The van der Waals surface area contributed by atoms with Crippen molar-refractivity contribution < 1.29 is 0 Å². The molecule has 0 aliphatic rings. The predicted octanol–water partition coefficient (Wildman–Crippen LogP) is 2.19. The second-order valence-corrected chi connectivity index (χ2v) is 4.26. The predicted molar refractivity (Wildman–Crippen MR) is 61.0 cm³/mol. The first-order chi connectivity index (χ1) is 7.22. The van der Waals surface area contributed by atoms with Crippen molar-refractivity contribution in [3.8, 4) is 10.6 Å². The van der Waals surface area contributed by atoms with Crippen LogP contribution >= 0.6 is 34.5 Å². The molecule has 8 heteroatoms. The van der Waals surface area contributed by atoms with Crippen LogP contribution in [0.4, 0.5) is 5.13 Å². The number of nitrogens with one attached hydrogen (secondary N) is 1. The number of rotatable bonds is 2. The molecule has 0 aliphatic heterocycles. The number of hydrogen-bond donors (Lipinski definition) is 2. The number of anilines is 1. The van der Waals surface area contributed by atoms with Gasteiger partial charge in [-0.3, -0.25) is 5.43 Å². The van der Waals surface area contributed by atoms with Gasteiger partial charge < -0.3 is 0 Å². The molecule has 0 radical (unpaired) electrons. The Hall–Kier alpha value is -0.950. The number of nitrogen functional groups attached to an aromatic ring is 1. The Morgan fingerprint density at radius 3 is 2.73 bits per heavy atom. The number of hydrazine groups is 1. The van der Waals surface area contributed by atoms with Gasteiger partial charge in [0, 0.05) is 6.20 Å². The first kappa shape index (κ1) is 10.6. The van der Waals surface area contributed by atoms with Gasteiger partial charge in [0.05, 0.1) is 10.6 Å². The van der Waals surface area contributed by atoms with Gasteiger partial charge in [0.1, 0.15) is 5.15 Å². The Kier molecular flexibility index (Phi) is 3.01. The van der Waals surface area contributed by atoms with Crippen LogP contribution in [0, 0.1) is 0 Å². The lowest BCUT2D eigenvalue weighted by atomic mass is 10.3. The summed E-state index contributed by atoms with van der Waals surface area (Å²) in [6.45, 7) is 0. The number of halogens is 2. The highest BCUT2D eigenvalue weighted by Crippen LogP contribution is 2.35. The molecule has 0 saturated heterocycles. The van der Waals surface area contributed by atoms with Crippen LogP contribution in [0.5, 0.6) is 0 Å². The first-order valence-corrected chi connectivity index (χ1v) is 5.40. The van der Waals surface area contributed by atoms with Gasteiger partial charge in [0.15, 0.2) is 5.01 Å². The number of pyridine rings is 1. The van der Waals surface area contributed by atoms with E-state index in [0.717, 1.165) is 0 Å². The van der Waals surface area contributed by atoms with E-state index in [1.807, 2.05) is 0 Å². The Balaban J connectivity index is 2.53. The van der Waals surface area contributed by atoms with Crippen LogP contribution in [0.3, 0.4) is 0 Å². The van der Waals surface area contributed by atoms with E-state index in [-0.39, 0.29) is 0 Å². The van der Waals surface area contributed by atoms with Gasteiger partial charge in [-0.15, -0.1) is 10.2 Å². The summed E-state index contributed by atoms with van der Waals surface area (Å²) in [6.07, 6.45) is 1.53. The van der Waals surface area contributed by atoms with Crippen molar-refractivity contribution in [3.05, 3.63) is 22.4 Å². The maximum atomic E-state index is 5.98. The lowest BCUT2D eigenvalue weighted by Gasteiger charge is -2.00. The molecule has 0 unspecified atom stereocenters. The smallest absolute Gasteiger partial charge is 0.220 e. The van der Waals surface area contributed by atoms with E-state index in [4.69, 9.17) is 29.0 Å². The number of nitrogens with two attached hydrogens (primary N) is 1. The highest BCUT2D eigenvalue weighted by molar-refractivity contribution is 7.18. The van der Waals surface area contributed by atoms with Crippen molar-refractivity contribution in [1.82, 2.24) is 15.2 Å². The van der Waals surface area contributed by atoms with Crippen molar-refractivity contribution in [3.63, 3.8) is 0 Å². The van der Waals surface area contributed by atoms with Crippen LogP contribution in [-0.2, 0) is 0 Å². The minimum atomic E-state index is 0.294. The Labute approximate surface area is 99.2 Å². The Bertz CT molecular complexity index is 466. The third-order valence-electron chi connectivity index (χ3n) is 1.62. The molecule has 2 aromatic rings. The largest absolute Gasteiger partial charge is 0.298 e. The van der Waals surface area contributed by atoms with Crippen molar-refractivity contribution in [1.29, 1.82) is 0 Å². The fourth-order valence-corrected chi connectivity index (χ4v) is 2.35. The zero-order valence-corrected chi connectivity index (χ0v) is 9.57. The van der Waals surface area contributed by atoms with E-state index in [1.165, 1.54) is 17.5 Å². The van der Waals surface area contributed by atoms with E-state index in [0.29, 0.717) is 25.9 Å². The van der Waals surface area contributed by atoms with Crippen molar-refractivity contribution in [2.24, 2.45) is 5.84 Å². The molecule has 0 atom stereocenters. The average molecular weight is 262 g/mol.